The van der Waals surface area contributed by atoms with Gasteiger partial charge in [-0.15, -0.1) is 0 Å². The van der Waals surface area contributed by atoms with E-state index in [4.69, 9.17) is 0 Å². The maximum atomic E-state index is 13.6. The number of carbonyl (C=O) groups is 2. The number of hydrogen-bond acceptors (Lipinski definition) is 4. The number of carbonyl (C=O) groups excluding carboxylic acids is 2. The second-order valence-electron chi connectivity index (χ2n) is 7.89. The van der Waals surface area contributed by atoms with Gasteiger partial charge in [0.25, 0.3) is 5.91 Å². The Bertz CT molecular complexity index is 1010. The molecule has 0 saturated carbocycles. The first-order chi connectivity index (χ1) is 16.1. The van der Waals surface area contributed by atoms with Crippen LogP contribution >= 0.6 is 0 Å². The SMILES string of the molecule is O=C(CNC(=O)c1ccc(F)cc1F)NCCCN1CCN(c2cccc(C(F)(F)F)c2)CC1. The molecule has 2 aromatic rings. The lowest BCUT2D eigenvalue weighted by Gasteiger charge is -2.36. The third kappa shape index (κ3) is 7.14. The number of nitrogens with one attached hydrogen (secondary N) is 2. The first kappa shape index (κ1) is 25.4. The summed E-state index contributed by atoms with van der Waals surface area (Å²) in [4.78, 5) is 27.9. The molecular weight excluding hydrogens is 459 g/mol. The van der Waals surface area contributed by atoms with Gasteiger partial charge in [0, 0.05) is 44.5 Å². The molecule has 0 atom stereocenters. The van der Waals surface area contributed by atoms with Crippen LogP contribution in [0.4, 0.5) is 27.6 Å². The number of hydrogen-bond donors (Lipinski definition) is 2. The smallest absolute Gasteiger partial charge is 0.369 e. The van der Waals surface area contributed by atoms with Gasteiger partial charge < -0.3 is 15.5 Å². The highest BCUT2D eigenvalue weighted by Crippen LogP contribution is 2.31. The summed E-state index contributed by atoms with van der Waals surface area (Å²) in [7, 11) is 0. The van der Waals surface area contributed by atoms with E-state index < -0.39 is 35.2 Å². The van der Waals surface area contributed by atoms with Crippen molar-refractivity contribution in [2.75, 3.05) is 50.7 Å². The van der Waals surface area contributed by atoms with Gasteiger partial charge in [-0.2, -0.15) is 13.2 Å². The topological polar surface area (TPSA) is 64.7 Å². The molecule has 184 valence electrons. The molecule has 34 heavy (non-hydrogen) atoms. The van der Waals surface area contributed by atoms with Gasteiger partial charge >= 0.3 is 6.18 Å². The molecule has 0 bridgehead atoms. The number of piperazine rings is 1. The summed E-state index contributed by atoms with van der Waals surface area (Å²) in [5, 5.41) is 4.94. The highest BCUT2D eigenvalue weighted by molar-refractivity contribution is 5.96. The van der Waals surface area contributed by atoms with Crippen LogP contribution in [0.1, 0.15) is 22.3 Å². The first-order valence-electron chi connectivity index (χ1n) is 10.8. The lowest BCUT2D eigenvalue weighted by Crippen LogP contribution is -2.47. The molecular formula is C23H25F5N4O2. The average Bonchev–Trinajstić information content (AvgIpc) is 2.80. The summed E-state index contributed by atoms with van der Waals surface area (Å²) < 4.78 is 65.2. The van der Waals surface area contributed by atoms with Gasteiger partial charge in [0.05, 0.1) is 17.7 Å². The van der Waals surface area contributed by atoms with Crippen molar-refractivity contribution in [3.8, 4) is 0 Å². The number of anilines is 1. The van der Waals surface area contributed by atoms with Crippen molar-refractivity contribution in [2.24, 2.45) is 0 Å². The van der Waals surface area contributed by atoms with Crippen LogP contribution in [0.3, 0.4) is 0 Å². The monoisotopic (exact) mass is 484 g/mol. The second-order valence-corrected chi connectivity index (χ2v) is 7.89. The third-order valence-electron chi connectivity index (χ3n) is 5.47. The molecule has 6 nitrogen and oxygen atoms in total. The van der Waals surface area contributed by atoms with Crippen LogP contribution < -0.4 is 15.5 Å². The zero-order valence-corrected chi connectivity index (χ0v) is 18.3. The molecule has 0 unspecified atom stereocenters. The molecule has 0 aliphatic carbocycles. The number of amides is 2. The van der Waals surface area contributed by atoms with Crippen LogP contribution in [-0.4, -0.2) is 62.5 Å². The fourth-order valence-electron chi connectivity index (χ4n) is 3.63. The number of halogens is 5. The normalized spacial score (nSPS) is 14.7. The summed E-state index contributed by atoms with van der Waals surface area (Å²) >= 11 is 0. The van der Waals surface area contributed by atoms with Crippen LogP contribution in [0.15, 0.2) is 42.5 Å². The van der Waals surface area contributed by atoms with E-state index in [0.29, 0.717) is 57.4 Å². The molecule has 3 rings (SSSR count). The van der Waals surface area contributed by atoms with Gasteiger partial charge in [-0.05, 0) is 43.3 Å². The molecule has 11 heteroatoms. The molecule has 1 aliphatic rings. The predicted molar refractivity (Wildman–Crippen MR) is 116 cm³/mol. The summed E-state index contributed by atoms with van der Waals surface area (Å²) in [6.45, 7) is 3.29. The fourth-order valence-corrected chi connectivity index (χ4v) is 3.63. The Morgan fingerprint density at radius 2 is 1.68 bits per heavy atom. The second kappa shape index (κ2) is 11.3. The van der Waals surface area contributed by atoms with E-state index in [1.54, 1.807) is 6.07 Å². The maximum absolute atomic E-state index is 13.6. The maximum Gasteiger partial charge on any atom is 0.416 e. The third-order valence-corrected chi connectivity index (χ3v) is 5.47. The number of benzene rings is 2. The van der Waals surface area contributed by atoms with E-state index in [2.05, 4.69) is 15.5 Å². The van der Waals surface area contributed by atoms with Crippen LogP contribution in [0.5, 0.6) is 0 Å². The van der Waals surface area contributed by atoms with E-state index >= 15 is 0 Å². The van der Waals surface area contributed by atoms with Crippen molar-refractivity contribution in [3.63, 3.8) is 0 Å². The zero-order chi connectivity index (χ0) is 24.7. The van der Waals surface area contributed by atoms with Gasteiger partial charge in [-0.3, -0.25) is 14.5 Å². The van der Waals surface area contributed by atoms with Crippen molar-refractivity contribution in [1.29, 1.82) is 0 Å². The Hall–Kier alpha value is -3.21. The minimum absolute atomic E-state index is 0.342. The Morgan fingerprint density at radius 3 is 2.35 bits per heavy atom. The van der Waals surface area contributed by atoms with E-state index in [1.807, 2.05) is 4.90 Å². The summed E-state index contributed by atoms with van der Waals surface area (Å²) in [6.07, 6.45) is -3.72. The van der Waals surface area contributed by atoms with Crippen LogP contribution in [0, 0.1) is 11.6 Å². The molecule has 1 aliphatic heterocycles. The van der Waals surface area contributed by atoms with E-state index in [0.717, 1.165) is 24.3 Å². The Labute approximate surface area is 193 Å². The Kier molecular flexibility index (Phi) is 8.43. The predicted octanol–water partition coefficient (Wildman–Crippen LogP) is 3.04. The minimum Gasteiger partial charge on any atom is -0.369 e. The molecule has 0 spiro atoms. The highest BCUT2D eigenvalue weighted by Gasteiger charge is 2.31. The van der Waals surface area contributed by atoms with Gasteiger partial charge in [-0.25, -0.2) is 8.78 Å². The number of nitrogens with zero attached hydrogens (tertiary/aromatic N) is 2. The van der Waals surface area contributed by atoms with Crippen molar-refractivity contribution in [3.05, 3.63) is 65.2 Å². The number of alkyl halides is 3. The van der Waals surface area contributed by atoms with Crippen molar-refractivity contribution in [1.82, 2.24) is 15.5 Å². The van der Waals surface area contributed by atoms with E-state index in [9.17, 15) is 31.5 Å². The molecule has 1 fully saturated rings. The Balaban J connectivity index is 1.32. The van der Waals surface area contributed by atoms with Crippen LogP contribution in [-0.2, 0) is 11.0 Å². The van der Waals surface area contributed by atoms with E-state index in [-0.39, 0.29) is 12.1 Å². The largest absolute Gasteiger partial charge is 0.416 e. The van der Waals surface area contributed by atoms with Crippen LogP contribution in [0.25, 0.3) is 0 Å². The Morgan fingerprint density at radius 1 is 0.941 bits per heavy atom. The standard InChI is InChI=1S/C23H25F5N4O2/c24-17-5-6-19(20(25)14-17)22(34)30-15-21(33)29-7-2-8-31-9-11-32(12-10-31)18-4-1-3-16(13-18)23(26,27)28/h1,3-6,13-14H,2,7-12,15H2,(H,29,33)(H,30,34). The van der Waals surface area contributed by atoms with Gasteiger partial charge in [-0.1, -0.05) is 6.07 Å². The van der Waals surface area contributed by atoms with Crippen molar-refractivity contribution >= 4 is 17.5 Å². The zero-order valence-electron chi connectivity index (χ0n) is 18.3. The van der Waals surface area contributed by atoms with Crippen molar-refractivity contribution in [2.45, 2.75) is 12.6 Å². The molecule has 2 amide bonds. The fraction of sp³-hybridized carbons (Fsp3) is 0.391. The molecule has 0 aromatic heterocycles. The lowest BCUT2D eigenvalue weighted by atomic mass is 10.1. The molecule has 0 radical (unpaired) electrons. The van der Waals surface area contributed by atoms with Gasteiger partial charge in [0.1, 0.15) is 11.6 Å². The molecule has 2 N–H and O–H groups in total. The molecule has 2 aromatic carbocycles. The summed E-state index contributed by atoms with van der Waals surface area (Å²) in [5.41, 5.74) is -0.468. The highest BCUT2D eigenvalue weighted by atomic mass is 19.4. The minimum atomic E-state index is -4.37. The van der Waals surface area contributed by atoms with Crippen LogP contribution in [0.2, 0.25) is 0 Å². The first-order valence-corrected chi connectivity index (χ1v) is 10.8. The van der Waals surface area contributed by atoms with E-state index in [1.165, 1.54) is 6.07 Å². The molecule has 1 heterocycles. The lowest BCUT2D eigenvalue weighted by molar-refractivity contribution is -0.137. The molecule has 1 saturated heterocycles. The van der Waals surface area contributed by atoms with Gasteiger partial charge in [0.15, 0.2) is 0 Å². The number of rotatable bonds is 8. The van der Waals surface area contributed by atoms with Crippen molar-refractivity contribution < 1.29 is 31.5 Å². The van der Waals surface area contributed by atoms with Gasteiger partial charge in [0.2, 0.25) is 5.91 Å². The summed E-state index contributed by atoms with van der Waals surface area (Å²) in [5.74, 6) is -3.06. The average molecular weight is 484 g/mol. The summed E-state index contributed by atoms with van der Waals surface area (Å²) in [6, 6.07) is 7.85. The quantitative estimate of drug-likeness (QED) is 0.447.